The smallest absolute Gasteiger partial charge is 0.306 e. The van der Waals surface area contributed by atoms with Gasteiger partial charge in [0.15, 0.2) is 0 Å². The Hall–Kier alpha value is -1.47. The molecule has 7 heteroatoms. The number of carbonyl (C=O) groups excluding carboxylic acids is 2. The van der Waals surface area contributed by atoms with E-state index in [9.17, 15) is 19.5 Å². The quantitative estimate of drug-likeness (QED) is 0.617. The van der Waals surface area contributed by atoms with Crippen LogP contribution in [0.1, 0.15) is 38.5 Å². The van der Waals surface area contributed by atoms with Crippen LogP contribution >= 0.6 is 0 Å². The van der Waals surface area contributed by atoms with E-state index in [-0.39, 0.29) is 24.3 Å². The largest absolute Gasteiger partial charge is 0.481 e. The number of amides is 2. The minimum Gasteiger partial charge on any atom is -0.481 e. The molecular weight excluding hydrogens is 276 g/mol. The van der Waals surface area contributed by atoms with Gasteiger partial charge < -0.3 is 15.5 Å². The third kappa shape index (κ3) is 3.59. The first-order chi connectivity index (χ1) is 9.82. The van der Waals surface area contributed by atoms with E-state index in [0.29, 0.717) is 38.5 Å². The van der Waals surface area contributed by atoms with Gasteiger partial charge in [0.1, 0.15) is 0 Å². The van der Waals surface area contributed by atoms with Crippen molar-refractivity contribution in [2.24, 2.45) is 5.92 Å². The summed E-state index contributed by atoms with van der Waals surface area (Å²) in [6, 6.07) is -0.450. The van der Waals surface area contributed by atoms with Gasteiger partial charge in [-0.3, -0.25) is 19.3 Å². The molecule has 2 amide bonds. The number of hydrogen-bond donors (Lipinski definition) is 3. The molecule has 118 valence electrons. The van der Waals surface area contributed by atoms with Crippen molar-refractivity contribution in [2.45, 2.75) is 50.2 Å². The fraction of sp³-hybridized carbons (Fsp3) is 0.786. The predicted molar refractivity (Wildman–Crippen MR) is 73.3 cm³/mol. The first-order valence-electron chi connectivity index (χ1n) is 7.31. The van der Waals surface area contributed by atoms with E-state index in [1.807, 2.05) is 0 Å². The molecule has 1 aliphatic heterocycles. The van der Waals surface area contributed by atoms with Gasteiger partial charge in [-0.1, -0.05) is 0 Å². The fourth-order valence-corrected chi connectivity index (χ4v) is 3.00. The first kappa shape index (κ1) is 15.9. The monoisotopic (exact) mass is 298 g/mol. The van der Waals surface area contributed by atoms with E-state index in [4.69, 9.17) is 5.11 Å². The molecular formula is C14H22N2O5. The van der Waals surface area contributed by atoms with Gasteiger partial charge in [-0.05, 0) is 32.1 Å². The van der Waals surface area contributed by atoms with Crippen LogP contribution in [0.5, 0.6) is 0 Å². The molecule has 0 bridgehead atoms. The highest BCUT2D eigenvalue weighted by atomic mass is 16.4. The highest BCUT2D eigenvalue weighted by Gasteiger charge is 2.38. The van der Waals surface area contributed by atoms with Crippen molar-refractivity contribution in [1.29, 1.82) is 0 Å². The maximum atomic E-state index is 11.9. The molecule has 0 aromatic carbocycles. The van der Waals surface area contributed by atoms with Gasteiger partial charge in [0, 0.05) is 20.0 Å². The Bertz CT molecular complexity index is 443. The summed E-state index contributed by atoms with van der Waals surface area (Å²) in [7, 11) is 1.46. The van der Waals surface area contributed by atoms with Crippen molar-refractivity contribution in [3.05, 3.63) is 0 Å². The highest BCUT2D eigenvalue weighted by Crippen LogP contribution is 2.32. The van der Waals surface area contributed by atoms with Gasteiger partial charge in [-0.2, -0.15) is 0 Å². The van der Waals surface area contributed by atoms with Crippen molar-refractivity contribution in [2.75, 3.05) is 13.6 Å². The number of carbonyl (C=O) groups is 3. The Morgan fingerprint density at radius 1 is 1.33 bits per heavy atom. The van der Waals surface area contributed by atoms with Crippen LogP contribution in [-0.4, -0.2) is 58.1 Å². The Morgan fingerprint density at radius 2 is 1.95 bits per heavy atom. The van der Waals surface area contributed by atoms with Crippen LogP contribution in [-0.2, 0) is 14.4 Å². The lowest BCUT2D eigenvalue weighted by atomic mass is 9.78. The average molecular weight is 298 g/mol. The van der Waals surface area contributed by atoms with Gasteiger partial charge in [0.05, 0.1) is 17.6 Å². The van der Waals surface area contributed by atoms with Crippen LogP contribution in [0, 0.1) is 5.92 Å². The van der Waals surface area contributed by atoms with Gasteiger partial charge in [0.25, 0.3) is 0 Å². The standard InChI is InChI=1S/C14H22N2O5/c1-16-11(17)3-2-10(12(16)18)15-8-14(21)6-4-9(5-7-14)13(19)20/h9-10,15,21H,2-8H2,1H3,(H,19,20). The molecule has 7 nitrogen and oxygen atoms in total. The molecule has 2 aliphatic rings. The molecule has 3 N–H and O–H groups in total. The maximum Gasteiger partial charge on any atom is 0.306 e. The highest BCUT2D eigenvalue weighted by molar-refractivity contribution is 6.00. The number of likely N-dealkylation sites (N-methyl/N-ethyl adjacent to an activating group) is 1. The molecule has 1 aliphatic carbocycles. The number of piperidine rings is 1. The van der Waals surface area contributed by atoms with E-state index in [2.05, 4.69) is 5.32 Å². The first-order valence-corrected chi connectivity index (χ1v) is 7.31. The predicted octanol–water partition coefficient (Wildman–Crippen LogP) is -0.271. The summed E-state index contributed by atoms with van der Waals surface area (Å²) in [5.74, 6) is -1.65. The zero-order valence-corrected chi connectivity index (χ0v) is 12.2. The van der Waals surface area contributed by atoms with Crippen molar-refractivity contribution in [3.8, 4) is 0 Å². The lowest BCUT2D eigenvalue weighted by Gasteiger charge is -2.37. The Morgan fingerprint density at radius 3 is 2.52 bits per heavy atom. The molecule has 21 heavy (non-hydrogen) atoms. The number of carboxylic acids is 1. The summed E-state index contributed by atoms with van der Waals surface area (Å²) in [5, 5.41) is 22.4. The number of imide groups is 1. The van der Waals surface area contributed by atoms with Crippen LogP contribution in [0.4, 0.5) is 0 Å². The van der Waals surface area contributed by atoms with Crippen molar-refractivity contribution in [3.63, 3.8) is 0 Å². The Labute approximate surface area is 123 Å². The van der Waals surface area contributed by atoms with E-state index < -0.39 is 17.6 Å². The third-order valence-electron chi connectivity index (χ3n) is 4.59. The van der Waals surface area contributed by atoms with Crippen LogP contribution in [0.2, 0.25) is 0 Å². The van der Waals surface area contributed by atoms with E-state index >= 15 is 0 Å². The zero-order chi connectivity index (χ0) is 15.6. The minimum atomic E-state index is -0.966. The lowest BCUT2D eigenvalue weighted by molar-refractivity contribution is -0.148. The summed E-state index contributed by atoms with van der Waals surface area (Å²) in [5.41, 5.74) is -0.966. The second-order valence-electron chi connectivity index (χ2n) is 6.10. The van der Waals surface area contributed by atoms with Gasteiger partial charge in [-0.25, -0.2) is 0 Å². The summed E-state index contributed by atoms with van der Waals surface area (Å²) >= 11 is 0. The number of aliphatic carboxylic acids is 1. The van der Waals surface area contributed by atoms with Crippen LogP contribution in [0.15, 0.2) is 0 Å². The fourth-order valence-electron chi connectivity index (χ4n) is 3.00. The second-order valence-corrected chi connectivity index (χ2v) is 6.10. The SMILES string of the molecule is CN1C(=O)CCC(NCC2(O)CCC(C(=O)O)CC2)C1=O. The number of carboxylic acid groups (broad SMARTS) is 1. The number of nitrogens with zero attached hydrogens (tertiary/aromatic N) is 1. The van der Waals surface area contributed by atoms with Crippen molar-refractivity contribution in [1.82, 2.24) is 10.2 Å². The third-order valence-corrected chi connectivity index (χ3v) is 4.59. The topological polar surface area (TPSA) is 107 Å². The molecule has 0 spiro atoms. The Kier molecular flexibility index (Phi) is 4.63. The molecule has 2 fully saturated rings. The number of rotatable bonds is 4. The Balaban J connectivity index is 1.84. The molecule has 0 aromatic heterocycles. The van der Waals surface area contributed by atoms with Crippen molar-refractivity contribution < 1.29 is 24.6 Å². The number of hydrogen-bond acceptors (Lipinski definition) is 5. The number of aliphatic hydroxyl groups is 1. The van der Waals surface area contributed by atoms with E-state index in [0.717, 1.165) is 4.90 Å². The number of nitrogens with one attached hydrogen (secondary N) is 1. The van der Waals surface area contributed by atoms with Gasteiger partial charge >= 0.3 is 5.97 Å². The van der Waals surface area contributed by atoms with Gasteiger partial charge in [0.2, 0.25) is 11.8 Å². The molecule has 1 atom stereocenters. The number of likely N-dealkylation sites (tertiary alicyclic amines) is 1. The molecule has 1 heterocycles. The molecule has 1 saturated carbocycles. The zero-order valence-electron chi connectivity index (χ0n) is 12.2. The van der Waals surface area contributed by atoms with E-state index in [1.54, 1.807) is 0 Å². The van der Waals surface area contributed by atoms with Crippen molar-refractivity contribution >= 4 is 17.8 Å². The molecule has 2 rings (SSSR count). The lowest BCUT2D eigenvalue weighted by Crippen LogP contribution is -2.55. The van der Waals surface area contributed by atoms with Gasteiger partial charge in [-0.15, -0.1) is 0 Å². The van der Waals surface area contributed by atoms with Crippen LogP contribution < -0.4 is 5.32 Å². The van der Waals surface area contributed by atoms with Crippen LogP contribution in [0.25, 0.3) is 0 Å². The average Bonchev–Trinajstić information content (AvgIpc) is 2.44. The van der Waals surface area contributed by atoms with Crippen LogP contribution in [0.3, 0.4) is 0 Å². The molecule has 1 unspecified atom stereocenters. The summed E-state index contributed by atoms with van der Waals surface area (Å²) in [4.78, 5) is 35.3. The summed E-state index contributed by atoms with van der Waals surface area (Å²) in [6.07, 6.45) is 2.48. The normalized spacial score (nSPS) is 34.1. The minimum absolute atomic E-state index is 0.182. The second kappa shape index (κ2) is 6.11. The molecule has 0 aromatic rings. The molecule has 1 saturated heterocycles. The molecule has 0 radical (unpaired) electrons. The maximum absolute atomic E-state index is 11.9. The summed E-state index contributed by atoms with van der Waals surface area (Å²) in [6.45, 7) is 0.248. The summed E-state index contributed by atoms with van der Waals surface area (Å²) < 4.78 is 0. The van der Waals surface area contributed by atoms with E-state index in [1.165, 1.54) is 7.05 Å².